The summed E-state index contributed by atoms with van der Waals surface area (Å²) in [6, 6.07) is 0. The normalized spacial score (nSPS) is 54.7. The summed E-state index contributed by atoms with van der Waals surface area (Å²) < 4.78 is 11.6. The van der Waals surface area contributed by atoms with Gasteiger partial charge in [0.15, 0.2) is 5.78 Å². The van der Waals surface area contributed by atoms with Crippen LogP contribution >= 0.6 is 0 Å². The third-order valence-corrected chi connectivity index (χ3v) is 9.08. The molecule has 0 aromatic carbocycles. The Bertz CT molecular complexity index is 820. The van der Waals surface area contributed by atoms with Gasteiger partial charge in [-0.15, -0.1) is 0 Å². The van der Waals surface area contributed by atoms with E-state index in [2.05, 4.69) is 6.58 Å². The van der Waals surface area contributed by atoms with E-state index in [1.165, 1.54) is 6.92 Å². The molecule has 29 heavy (non-hydrogen) atoms. The van der Waals surface area contributed by atoms with E-state index >= 15 is 0 Å². The van der Waals surface area contributed by atoms with Gasteiger partial charge in [-0.2, -0.15) is 0 Å². The minimum atomic E-state index is -2.09. The molecule has 9 atom stereocenters. The first-order chi connectivity index (χ1) is 13.4. The van der Waals surface area contributed by atoms with Crippen molar-refractivity contribution in [2.45, 2.75) is 70.6 Å². The predicted octanol–water partition coefficient (Wildman–Crippen LogP) is 0.946. The van der Waals surface area contributed by atoms with Crippen molar-refractivity contribution < 1.29 is 34.4 Å². The second kappa shape index (κ2) is 5.49. The quantitative estimate of drug-likeness (QED) is 0.439. The molecule has 7 nitrogen and oxygen atoms in total. The molecule has 6 aliphatic rings. The Kier molecular flexibility index (Phi) is 3.73. The fourth-order valence-corrected chi connectivity index (χ4v) is 8.17. The fraction of sp³-hybridized carbons (Fsp3) is 0.818. The molecular formula is C22H30O7. The van der Waals surface area contributed by atoms with E-state index in [0.29, 0.717) is 31.3 Å². The molecule has 160 valence electrons. The number of esters is 1. The number of rotatable bonds is 1. The lowest BCUT2D eigenvalue weighted by Gasteiger charge is -2.74. The van der Waals surface area contributed by atoms with Crippen molar-refractivity contribution in [3.8, 4) is 0 Å². The van der Waals surface area contributed by atoms with Gasteiger partial charge in [0.05, 0.1) is 18.1 Å². The molecule has 4 saturated carbocycles. The van der Waals surface area contributed by atoms with E-state index in [9.17, 15) is 24.9 Å². The van der Waals surface area contributed by atoms with Crippen molar-refractivity contribution >= 4 is 11.8 Å². The van der Waals surface area contributed by atoms with Crippen LogP contribution in [0.5, 0.6) is 0 Å². The maximum Gasteiger partial charge on any atom is 0.302 e. The standard InChI is InChI=1S/C22H30O7/c1-10-12-7-13(29-11(2)23)15-20-9-28-22(27,21(15,8-12)17(10)25)18(26)16(20)19(3,4)6-5-14(20)24/h12-16,18,24,26-27H,1,5-9H2,2-4H3/t12-,13+,14+,15+,16-,18+,20-,21+,22-/m1/s1. The number of Topliss-reactive ketones (excluding diaryl/α,β-unsaturated/α-hetero) is 1. The van der Waals surface area contributed by atoms with Crippen LogP contribution in [0, 0.1) is 34.0 Å². The molecule has 2 spiro atoms. The van der Waals surface area contributed by atoms with Crippen molar-refractivity contribution in [2.24, 2.45) is 34.0 Å². The van der Waals surface area contributed by atoms with Crippen molar-refractivity contribution in [3.05, 3.63) is 12.2 Å². The lowest BCUT2D eigenvalue weighted by atomic mass is 9.35. The molecule has 7 heteroatoms. The first-order valence-electron chi connectivity index (χ1n) is 10.6. The Balaban J connectivity index is 1.80. The van der Waals surface area contributed by atoms with Crippen LogP contribution in [0.3, 0.4) is 0 Å². The summed E-state index contributed by atoms with van der Waals surface area (Å²) in [6.45, 7) is 9.36. The zero-order valence-corrected chi connectivity index (χ0v) is 17.2. The number of allylic oxidation sites excluding steroid dienone is 1. The van der Waals surface area contributed by atoms with Gasteiger partial charge in [-0.05, 0) is 42.6 Å². The molecule has 4 aliphatic carbocycles. The third-order valence-electron chi connectivity index (χ3n) is 9.08. The third kappa shape index (κ3) is 1.94. The summed E-state index contributed by atoms with van der Waals surface area (Å²) in [5.74, 6) is -4.25. The van der Waals surface area contributed by atoms with Gasteiger partial charge in [0.25, 0.3) is 0 Å². The second-order valence-corrected chi connectivity index (χ2v) is 10.7. The lowest BCUT2D eigenvalue weighted by molar-refractivity contribution is -0.455. The zero-order valence-electron chi connectivity index (χ0n) is 17.2. The number of aliphatic hydroxyl groups excluding tert-OH is 2. The largest absolute Gasteiger partial charge is 0.462 e. The smallest absolute Gasteiger partial charge is 0.302 e. The minimum Gasteiger partial charge on any atom is -0.462 e. The molecule has 4 bridgehead atoms. The van der Waals surface area contributed by atoms with Gasteiger partial charge in [0.2, 0.25) is 5.79 Å². The van der Waals surface area contributed by atoms with Gasteiger partial charge in [0, 0.05) is 24.2 Å². The maximum atomic E-state index is 13.6. The summed E-state index contributed by atoms with van der Waals surface area (Å²) in [5.41, 5.74) is -2.46. The van der Waals surface area contributed by atoms with Crippen molar-refractivity contribution in [3.63, 3.8) is 0 Å². The van der Waals surface area contributed by atoms with Crippen LogP contribution in [0.25, 0.3) is 0 Å². The molecule has 2 saturated heterocycles. The fourth-order valence-electron chi connectivity index (χ4n) is 8.17. The topological polar surface area (TPSA) is 113 Å². The zero-order chi connectivity index (χ0) is 21.1. The first kappa shape index (κ1) is 19.7. The summed E-state index contributed by atoms with van der Waals surface area (Å²) in [4.78, 5) is 25.5. The number of ketones is 1. The second-order valence-electron chi connectivity index (χ2n) is 10.7. The van der Waals surface area contributed by atoms with Crippen LogP contribution in [0.2, 0.25) is 0 Å². The molecule has 0 aromatic heterocycles. The highest BCUT2D eigenvalue weighted by atomic mass is 16.6. The number of ether oxygens (including phenoxy) is 2. The van der Waals surface area contributed by atoms with Crippen LogP contribution in [-0.2, 0) is 19.1 Å². The number of carbonyl (C=O) groups excluding carboxylic acids is 2. The highest BCUT2D eigenvalue weighted by Gasteiger charge is 2.86. The van der Waals surface area contributed by atoms with E-state index in [1.807, 2.05) is 13.8 Å². The number of carbonyl (C=O) groups is 2. The Labute approximate surface area is 170 Å². The van der Waals surface area contributed by atoms with Crippen LogP contribution in [-0.4, -0.2) is 57.8 Å². The first-order valence-corrected chi connectivity index (χ1v) is 10.6. The van der Waals surface area contributed by atoms with Crippen LogP contribution < -0.4 is 0 Å². The molecule has 6 rings (SSSR count). The van der Waals surface area contributed by atoms with Gasteiger partial charge < -0.3 is 24.8 Å². The average molecular weight is 406 g/mol. The van der Waals surface area contributed by atoms with Gasteiger partial charge >= 0.3 is 5.97 Å². The van der Waals surface area contributed by atoms with Crippen LogP contribution in [0.15, 0.2) is 12.2 Å². The van der Waals surface area contributed by atoms with Gasteiger partial charge in [-0.3, -0.25) is 9.59 Å². The molecule has 2 heterocycles. The van der Waals surface area contributed by atoms with E-state index in [-0.39, 0.29) is 18.3 Å². The monoisotopic (exact) mass is 406 g/mol. The molecule has 6 fully saturated rings. The Morgan fingerprint density at radius 3 is 2.62 bits per heavy atom. The number of hydrogen-bond acceptors (Lipinski definition) is 7. The van der Waals surface area contributed by atoms with E-state index in [0.717, 1.165) is 0 Å². The molecule has 0 amide bonds. The summed E-state index contributed by atoms with van der Waals surface area (Å²) in [7, 11) is 0. The summed E-state index contributed by atoms with van der Waals surface area (Å²) in [6.07, 6.45) is -0.914. The van der Waals surface area contributed by atoms with Crippen molar-refractivity contribution in [1.82, 2.24) is 0 Å². The van der Waals surface area contributed by atoms with Gasteiger partial charge in [-0.25, -0.2) is 0 Å². The van der Waals surface area contributed by atoms with Crippen LogP contribution in [0.1, 0.15) is 46.5 Å². The van der Waals surface area contributed by atoms with Crippen molar-refractivity contribution in [1.29, 1.82) is 0 Å². The molecule has 0 unspecified atom stereocenters. The Morgan fingerprint density at radius 2 is 1.97 bits per heavy atom. The van der Waals surface area contributed by atoms with Gasteiger partial charge in [0.1, 0.15) is 12.2 Å². The molecule has 3 N–H and O–H groups in total. The maximum absolute atomic E-state index is 13.6. The molecule has 0 radical (unpaired) electrons. The lowest BCUT2D eigenvalue weighted by Crippen LogP contribution is -2.85. The van der Waals surface area contributed by atoms with E-state index in [1.54, 1.807) is 0 Å². The Morgan fingerprint density at radius 1 is 1.28 bits per heavy atom. The predicted molar refractivity (Wildman–Crippen MR) is 100 cm³/mol. The van der Waals surface area contributed by atoms with Gasteiger partial charge in [-0.1, -0.05) is 20.4 Å². The SMILES string of the molecule is C=C1C(=O)[C@]23C[C@H]1C[C@H](OC(C)=O)[C@H]2[C@]12CO[C@]3(O)[C@@H](O)[C@@H]1C(C)(C)CC[C@@H]2O. The summed E-state index contributed by atoms with van der Waals surface area (Å²) in [5, 5.41) is 34.6. The highest BCUT2D eigenvalue weighted by molar-refractivity contribution is 6.04. The van der Waals surface area contributed by atoms with Crippen molar-refractivity contribution in [2.75, 3.05) is 6.61 Å². The number of aliphatic hydroxyl groups is 3. The number of fused-ring (bicyclic) bond motifs is 2. The molecule has 2 aliphatic heterocycles. The van der Waals surface area contributed by atoms with E-state index < -0.39 is 58.1 Å². The van der Waals surface area contributed by atoms with Crippen LogP contribution in [0.4, 0.5) is 0 Å². The Hall–Kier alpha value is -1.28. The molecular weight excluding hydrogens is 376 g/mol. The minimum absolute atomic E-state index is 0.0183. The summed E-state index contributed by atoms with van der Waals surface area (Å²) >= 11 is 0. The van der Waals surface area contributed by atoms with E-state index in [4.69, 9.17) is 9.47 Å². The molecule has 0 aromatic rings. The number of hydrogen-bond donors (Lipinski definition) is 3. The highest BCUT2D eigenvalue weighted by Crippen LogP contribution is 2.76. The average Bonchev–Trinajstić information content (AvgIpc) is 2.82.